The van der Waals surface area contributed by atoms with Crippen molar-refractivity contribution >= 4 is 11.8 Å². The molecule has 3 fully saturated rings. The lowest BCUT2D eigenvalue weighted by Gasteiger charge is -2.38. The molecule has 2 saturated heterocycles. The number of hydrogen-bond donors (Lipinski definition) is 0. The molecule has 1 aromatic rings. The Balaban J connectivity index is 1.43. The van der Waals surface area contributed by atoms with E-state index in [-0.39, 0.29) is 17.2 Å². The first-order valence-electron chi connectivity index (χ1n) is 11.0. The maximum Gasteiger partial charge on any atom is 0.274 e. The van der Waals surface area contributed by atoms with Gasteiger partial charge in [0.1, 0.15) is 5.69 Å². The van der Waals surface area contributed by atoms with Crippen LogP contribution in [0.1, 0.15) is 61.1 Å². The van der Waals surface area contributed by atoms with E-state index in [2.05, 4.69) is 9.97 Å². The Morgan fingerprint density at radius 2 is 1.86 bits per heavy atom. The van der Waals surface area contributed by atoms with Crippen molar-refractivity contribution in [2.24, 2.45) is 11.3 Å². The monoisotopic (exact) mass is 400 g/mol. The number of rotatable bonds is 4. The number of carbonyl (C=O) groups excluding carboxylic acids is 2. The van der Waals surface area contributed by atoms with Crippen LogP contribution in [0.25, 0.3) is 0 Å². The van der Waals surface area contributed by atoms with Crippen molar-refractivity contribution in [1.29, 1.82) is 0 Å². The van der Waals surface area contributed by atoms with E-state index in [1.54, 1.807) is 12.4 Å². The van der Waals surface area contributed by atoms with Crippen LogP contribution in [-0.2, 0) is 9.53 Å². The Morgan fingerprint density at radius 3 is 2.55 bits per heavy atom. The van der Waals surface area contributed by atoms with Crippen LogP contribution in [-0.4, -0.2) is 71.0 Å². The summed E-state index contributed by atoms with van der Waals surface area (Å²) >= 11 is 0. The molecule has 3 aliphatic rings. The van der Waals surface area contributed by atoms with Crippen molar-refractivity contribution in [3.63, 3.8) is 0 Å². The van der Waals surface area contributed by atoms with E-state index >= 15 is 0 Å². The standard InChI is InChI=1S/C22H32N4O3/c1-17-13-24-19(14-23-17)21(28)26-15-18(22(16-26)7-3-2-4-8-22)5-6-20(27)25-9-11-29-12-10-25/h13-14,18H,2-12,15-16H2,1H3. The molecule has 1 spiro atoms. The fraction of sp³-hybridized carbons (Fsp3) is 0.727. The summed E-state index contributed by atoms with van der Waals surface area (Å²) in [5.74, 6) is 0.591. The molecule has 1 aliphatic carbocycles. The zero-order valence-corrected chi connectivity index (χ0v) is 17.4. The van der Waals surface area contributed by atoms with Gasteiger partial charge in [0.05, 0.1) is 25.1 Å². The number of aromatic nitrogens is 2. The minimum absolute atomic E-state index is 0.0237. The molecule has 0 N–H and O–H groups in total. The summed E-state index contributed by atoms with van der Waals surface area (Å²) in [4.78, 5) is 38.1. The molecule has 1 unspecified atom stereocenters. The SMILES string of the molecule is Cc1cnc(C(=O)N2CC(CCC(=O)N3CCOCC3)C3(CCCCC3)C2)cn1. The average Bonchev–Trinajstić information content (AvgIpc) is 3.10. The fourth-order valence-corrected chi connectivity index (χ4v) is 5.34. The Labute approximate surface area is 172 Å². The molecule has 0 aromatic carbocycles. The summed E-state index contributed by atoms with van der Waals surface area (Å²) in [6.07, 6.45) is 10.7. The molecule has 2 amide bonds. The number of amides is 2. The highest BCUT2D eigenvalue weighted by Crippen LogP contribution is 2.49. The van der Waals surface area contributed by atoms with E-state index in [4.69, 9.17) is 4.74 Å². The van der Waals surface area contributed by atoms with E-state index in [0.29, 0.717) is 44.3 Å². The number of carbonyl (C=O) groups is 2. The van der Waals surface area contributed by atoms with E-state index in [1.165, 1.54) is 19.3 Å². The fourth-order valence-electron chi connectivity index (χ4n) is 5.34. The highest BCUT2D eigenvalue weighted by Gasteiger charge is 2.48. The van der Waals surface area contributed by atoms with Gasteiger partial charge in [-0.1, -0.05) is 19.3 Å². The minimum Gasteiger partial charge on any atom is -0.378 e. The first-order valence-corrected chi connectivity index (χ1v) is 11.0. The molecule has 158 valence electrons. The molecule has 2 aliphatic heterocycles. The van der Waals surface area contributed by atoms with E-state index in [0.717, 1.165) is 38.0 Å². The second kappa shape index (κ2) is 8.78. The van der Waals surface area contributed by atoms with Gasteiger partial charge in [-0.15, -0.1) is 0 Å². The van der Waals surface area contributed by atoms with Crippen LogP contribution in [0.5, 0.6) is 0 Å². The zero-order chi connectivity index (χ0) is 20.3. The van der Waals surface area contributed by atoms with Crippen LogP contribution in [0.2, 0.25) is 0 Å². The molecule has 7 nitrogen and oxygen atoms in total. The normalized spacial score (nSPS) is 24.1. The van der Waals surface area contributed by atoms with Gasteiger partial charge >= 0.3 is 0 Å². The van der Waals surface area contributed by atoms with Crippen LogP contribution in [0, 0.1) is 18.3 Å². The maximum absolute atomic E-state index is 13.0. The third-order valence-corrected chi connectivity index (χ3v) is 7.02. The molecule has 1 atom stereocenters. The summed E-state index contributed by atoms with van der Waals surface area (Å²) in [5, 5.41) is 0. The third-order valence-electron chi connectivity index (χ3n) is 7.02. The van der Waals surface area contributed by atoms with Gasteiger partial charge in [0.2, 0.25) is 5.91 Å². The van der Waals surface area contributed by atoms with Gasteiger partial charge in [-0.3, -0.25) is 14.6 Å². The molecular weight excluding hydrogens is 368 g/mol. The number of nitrogens with zero attached hydrogens (tertiary/aromatic N) is 4. The number of morpholine rings is 1. The molecule has 4 rings (SSSR count). The second-order valence-electron chi connectivity index (χ2n) is 8.88. The van der Waals surface area contributed by atoms with Crippen molar-refractivity contribution in [2.75, 3.05) is 39.4 Å². The number of hydrogen-bond acceptors (Lipinski definition) is 5. The minimum atomic E-state index is -0.0237. The van der Waals surface area contributed by atoms with Crippen molar-refractivity contribution < 1.29 is 14.3 Å². The van der Waals surface area contributed by atoms with Crippen LogP contribution in [0.15, 0.2) is 12.4 Å². The second-order valence-corrected chi connectivity index (χ2v) is 8.88. The Morgan fingerprint density at radius 1 is 1.10 bits per heavy atom. The predicted molar refractivity (Wildman–Crippen MR) is 108 cm³/mol. The Hall–Kier alpha value is -2.02. The van der Waals surface area contributed by atoms with Crippen molar-refractivity contribution in [2.45, 2.75) is 51.9 Å². The average molecular weight is 401 g/mol. The largest absolute Gasteiger partial charge is 0.378 e. The van der Waals surface area contributed by atoms with Gasteiger partial charge in [-0.2, -0.15) is 0 Å². The number of likely N-dealkylation sites (tertiary alicyclic amines) is 1. The van der Waals surface area contributed by atoms with Crippen LogP contribution in [0.3, 0.4) is 0 Å². The first kappa shape index (κ1) is 20.3. The summed E-state index contributed by atoms with van der Waals surface area (Å²) in [6.45, 7) is 6.06. The van der Waals surface area contributed by atoms with Gasteiger partial charge in [0.25, 0.3) is 5.91 Å². The predicted octanol–water partition coefficient (Wildman–Crippen LogP) is 2.45. The van der Waals surface area contributed by atoms with E-state index < -0.39 is 0 Å². The van der Waals surface area contributed by atoms with Crippen LogP contribution < -0.4 is 0 Å². The molecule has 29 heavy (non-hydrogen) atoms. The molecule has 1 saturated carbocycles. The molecular formula is C22H32N4O3. The topological polar surface area (TPSA) is 75.6 Å². The lowest BCUT2D eigenvalue weighted by molar-refractivity contribution is -0.135. The number of aryl methyl sites for hydroxylation is 1. The molecule has 7 heteroatoms. The van der Waals surface area contributed by atoms with Gasteiger partial charge in [-0.05, 0) is 37.5 Å². The van der Waals surface area contributed by atoms with Crippen LogP contribution >= 0.6 is 0 Å². The van der Waals surface area contributed by atoms with Crippen molar-refractivity contribution in [3.8, 4) is 0 Å². The van der Waals surface area contributed by atoms with Gasteiger partial charge < -0.3 is 14.5 Å². The maximum atomic E-state index is 13.0. The molecule has 3 heterocycles. The quantitative estimate of drug-likeness (QED) is 0.776. The third kappa shape index (κ3) is 4.44. The summed E-state index contributed by atoms with van der Waals surface area (Å²) in [7, 11) is 0. The molecule has 1 aromatic heterocycles. The van der Waals surface area contributed by atoms with E-state index in [1.807, 2.05) is 16.7 Å². The van der Waals surface area contributed by atoms with Crippen molar-refractivity contribution in [1.82, 2.24) is 19.8 Å². The smallest absolute Gasteiger partial charge is 0.274 e. The summed E-state index contributed by atoms with van der Waals surface area (Å²) in [6, 6.07) is 0. The summed E-state index contributed by atoms with van der Waals surface area (Å²) in [5.41, 5.74) is 1.40. The first-order chi connectivity index (χ1) is 14.1. The van der Waals surface area contributed by atoms with Crippen LogP contribution in [0.4, 0.5) is 0 Å². The molecule has 0 radical (unpaired) electrons. The number of ether oxygens (including phenoxy) is 1. The Kier molecular flexibility index (Phi) is 6.13. The summed E-state index contributed by atoms with van der Waals surface area (Å²) < 4.78 is 5.36. The molecule has 0 bridgehead atoms. The van der Waals surface area contributed by atoms with Gasteiger partial charge in [-0.25, -0.2) is 4.98 Å². The Bertz CT molecular complexity index is 724. The highest BCUT2D eigenvalue weighted by molar-refractivity contribution is 5.92. The van der Waals surface area contributed by atoms with Gasteiger partial charge in [0, 0.05) is 38.8 Å². The van der Waals surface area contributed by atoms with E-state index in [9.17, 15) is 9.59 Å². The lowest BCUT2D eigenvalue weighted by Crippen LogP contribution is -2.41. The van der Waals surface area contributed by atoms with Crippen molar-refractivity contribution in [3.05, 3.63) is 23.8 Å². The van der Waals surface area contributed by atoms with Gasteiger partial charge in [0.15, 0.2) is 0 Å². The zero-order valence-electron chi connectivity index (χ0n) is 17.4. The lowest BCUT2D eigenvalue weighted by atomic mass is 9.66. The highest BCUT2D eigenvalue weighted by atomic mass is 16.5.